The van der Waals surface area contributed by atoms with Gasteiger partial charge < -0.3 is 10.2 Å². The van der Waals surface area contributed by atoms with E-state index in [9.17, 15) is 9.90 Å². The number of nitrogens with zero attached hydrogens (tertiary/aromatic N) is 1. The predicted octanol–water partition coefficient (Wildman–Crippen LogP) is 3.31. The minimum Gasteiger partial charge on any atom is -0.505 e. The van der Waals surface area contributed by atoms with Gasteiger partial charge in [0.05, 0.1) is 11.9 Å². The SMILES string of the molecule is O=C(O)c1cc(-c2ccc3ccccc3c2)ncc1O. The molecule has 0 saturated heterocycles. The standard InChI is InChI=1S/C16H11NO3/c18-15-9-17-14(8-13(15)16(19)20)12-6-5-10-3-1-2-4-11(10)7-12/h1-9,18H,(H,19,20). The van der Waals surface area contributed by atoms with E-state index in [-0.39, 0.29) is 11.3 Å². The fraction of sp³-hybridized carbons (Fsp3) is 0. The van der Waals surface area contributed by atoms with Crippen molar-refractivity contribution in [3.05, 3.63) is 60.3 Å². The molecule has 98 valence electrons. The summed E-state index contributed by atoms with van der Waals surface area (Å²) in [5.41, 5.74) is 1.18. The van der Waals surface area contributed by atoms with E-state index < -0.39 is 5.97 Å². The first-order chi connectivity index (χ1) is 9.65. The van der Waals surface area contributed by atoms with Crippen LogP contribution in [0, 0.1) is 0 Å². The van der Waals surface area contributed by atoms with Crippen molar-refractivity contribution in [1.29, 1.82) is 0 Å². The highest BCUT2D eigenvalue weighted by atomic mass is 16.4. The van der Waals surface area contributed by atoms with Gasteiger partial charge in [-0.05, 0) is 22.9 Å². The lowest BCUT2D eigenvalue weighted by Gasteiger charge is -2.05. The van der Waals surface area contributed by atoms with Crippen LogP contribution in [0.2, 0.25) is 0 Å². The molecule has 0 aliphatic heterocycles. The van der Waals surface area contributed by atoms with Crippen LogP contribution in [0.25, 0.3) is 22.0 Å². The van der Waals surface area contributed by atoms with Crippen molar-refractivity contribution >= 4 is 16.7 Å². The van der Waals surface area contributed by atoms with Gasteiger partial charge in [0.1, 0.15) is 11.3 Å². The third-order valence-electron chi connectivity index (χ3n) is 3.16. The first-order valence-corrected chi connectivity index (χ1v) is 6.06. The Bertz CT molecular complexity index is 812. The summed E-state index contributed by atoms with van der Waals surface area (Å²) in [6.45, 7) is 0. The number of carbonyl (C=O) groups is 1. The zero-order valence-electron chi connectivity index (χ0n) is 10.4. The molecule has 0 atom stereocenters. The van der Waals surface area contributed by atoms with Gasteiger partial charge >= 0.3 is 5.97 Å². The quantitative estimate of drug-likeness (QED) is 0.745. The summed E-state index contributed by atoms with van der Waals surface area (Å²) in [6, 6.07) is 15.1. The van der Waals surface area contributed by atoms with Gasteiger partial charge in [-0.3, -0.25) is 4.98 Å². The molecule has 2 aromatic carbocycles. The van der Waals surface area contributed by atoms with Crippen LogP contribution < -0.4 is 0 Å². The van der Waals surface area contributed by atoms with Crippen LogP contribution in [0.15, 0.2) is 54.7 Å². The molecule has 0 amide bonds. The third-order valence-corrected chi connectivity index (χ3v) is 3.16. The average Bonchev–Trinajstić information content (AvgIpc) is 2.47. The molecule has 0 aliphatic rings. The van der Waals surface area contributed by atoms with E-state index in [0.717, 1.165) is 22.5 Å². The zero-order valence-corrected chi connectivity index (χ0v) is 10.4. The molecule has 2 N–H and O–H groups in total. The molecular formula is C16H11NO3. The highest BCUT2D eigenvalue weighted by Gasteiger charge is 2.12. The normalized spacial score (nSPS) is 10.6. The maximum Gasteiger partial charge on any atom is 0.339 e. The minimum absolute atomic E-state index is 0.150. The number of benzene rings is 2. The Morgan fingerprint density at radius 3 is 2.50 bits per heavy atom. The second-order valence-corrected chi connectivity index (χ2v) is 4.45. The number of fused-ring (bicyclic) bond motifs is 1. The van der Waals surface area contributed by atoms with E-state index in [1.165, 1.54) is 6.07 Å². The smallest absolute Gasteiger partial charge is 0.339 e. The fourth-order valence-corrected chi connectivity index (χ4v) is 2.13. The van der Waals surface area contributed by atoms with E-state index in [1.807, 2.05) is 42.5 Å². The Kier molecular flexibility index (Phi) is 2.84. The molecule has 1 aromatic heterocycles. The minimum atomic E-state index is -1.17. The van der Waals surface area contributed by atoms with Gasteiger partial charge in [0.25, 0.3) is 0 Å². The second-order valence-electron chi connectivity index (χ2n) is 4.45. The molecule has 0 fully saturated rings. The number of carboxylic acid groups (broad SMARTS) is 1. The Hall–Kier alpha value is -2.88. The lowest BCUT2D eigenvalue weighted by Crippen LogP contribution is -1.98. The molecular weight excluding hydrogens is 254 g/mol. The van der Waals surface area contributed by atoms with Crippen molar-refractivity contribution in [2.24, 2.45) is 0 Å². The van der Waals surface area contributed by atoms with E-state index in [4.69, 9.17) is 5.11 Å². The third kappa shape index (κ3) is 2.07. The molecule has 0 spiro atoms. The number of aromatic hydroxyl groups is 1. The van der Waals surface area contributed by atoms with Crippen molar-refractivity contribution in [3.8, 4) is 17.0 Å². The first-order valence-electron chi connectivity index (χ1n) is 6.06. The van der Waals surface area contributed by atoms with Crippen LogP contribution in [0.5, 0.6) is 5.75 Å². The van der Waals surface area contributed by atoms with Gasteiger partial charge in [-0.2, -0.15) is 0 Å². The molecule has 4 nitrogen and oxygen atoms in total. The number of rotatable bonds is 2. The number of aromatic carboxylic acids is 1. The summed E-state index contributed by atoms with van der Waals surface area (Å²) in [5, 5.41) is 20.7. The Labute approximate surface area is 115 Å². The maximum absolute atomic E-state index is 11.0. The number of pyridine rings is 1. The monoisotopic (exact) mass is 265 g/mol. The molecule has 3 rings (SSSR count). The van der Waals surface area contributed by atoms with Crippen LogP contribution in [-0.4, -0.2) is 21.2 Å². The highest BCUT2D eigenvalue weighted by molar-refractivity contribution is 5.92. The molecule has 0 radical (unpaired) electrons. The van der Waals surface area contributed by atoms with Crippen molar-refractivity contribution in [2.45, 2.75) is 0 Å². The molecule has 1 heterocycles. The number of hydrogen-bond donors (Lipinski definition) is 2. The van der Waals surface area contributed by atoms with E-state index in [2.05, 4.69) is 4.98 Å². The molecule has 0 bridgehead atoms. The van der Waals surface area contributed by atoms with Crippen LogP contribution in [0.3, 0.4) is 0 Å². The molecule has 0 saturated carbocycles. The largest absolute Gasteiger partial charge is 0.505 e. The summed E-state index contributed by atoms with van der Waals surface area (Å²) in [4.78, 5) is 15.1. The van der Waals surface area contributed by atoms with Gasteiger partial charge in [0, 0.05) is 5.56 Å². The highest BCUT2D eigenvalue weighted by Crippen LogP contribution is 2.26. The van der Waals surface area contributed by atoms with Crippen LogP contribution in [0.4, 0.5) is 0 Å². The van der Waals surface area contributed by atoms with E-state index >= 15 is 0 Å². The summed E-state index contributed by atoms with van der Waals surface area (Å²) in [6.07, 6.45) is 1.16. The molecule has 3 aromatic rings. The number of carboxylic acids is 1. The molecule has 0 unspecified atom stereocenters. The van der Waals surface area contributed by atoms with Gasteiger partial charge in [0.15, 0.2) is 0 Å². The Balaban J connectivity index is 2.15. The van der Waals surface area contributed by atoms with Crippen molar-refractivity contribution < 1.29 is 15.0 Å². The second kappa shape index (κ2) is 4.66. The van der Waals surface area contributed by atoms with Crippen molar-refractivity contribution in [2.75, 3.05) is 0 Å². The predicted molar refractivity (Wildman–Crippen MR) is 75.8 cm³/mol. The first kappa shape index (κ1) is 12.2. The van der Waals surface area contributed by atoms with E-state index in [0.29, 0.717) is 5.69 Å². The summed E-state index contributed by atoms with van der Waals surface area (Å²) in [7, 11) is 0. The lowest BCUT2D eigenvalue weighted by molar-refractivity contribution is 0.0693. The van der Waals surface area contributed by atoms with Gasteiger partial charge in [0.2, 0.25) is 0 Å². The number of aromatic nitrogens is 1. The van der Waals surface area contributed by atoms with Gasteiger partial charge in [-0.15, -0.1) is 0 Å². The lowest BCUT2D eigenvalue weighted by atomic mass is 10.0. The van der Waals surface area contributed by atoms with Crippen LogP contribution in [-0.2, 0) is 0 Å². The summed E-state index contributed by atoms with van der Waals surface area (Å²) >= 11 is 0. The van der Waals surface area contributed by atoms with E-state index in [1.54, 1.807) is 0 Å². The number of hydrogen-bond acceptors (Lipinski definition) is 3. The topological polar surface area (TPSA) is 70.4 Å². The Morgan fingerprint density at radius 1 is 1.00 bits per heavy atom. The maximum atomic E-state index is 11.0. The van der Waals surface area contributed by atoms with Gasteiger partial charge in [-0.25, -0.2) is 4.79 Å². The summed E-state index contributed by atoms with van der Waals surface area (Å²) < 4.78 is 0. The fourth-order valence-electron chi connectivity index (χ4n) is 2.13. The van der Waals surface area contributed by atoms with Gasteiger partial charge in [-0.1, -0.05) is 36.4 Å². The zero-order chi connectivity index (χ0) is 14.1. The molecule has 20 heavy (non-hydrogen) atoms. The van der Waals surface area contributed by atoms with Crippen molar-refractivity contribution in [3.63, 3.8) is 0 Å². The summed E-state index contributed by atoms with van der Waals surface area (Å²) in [5.74, 6) is -1.51. The van der Waals surface area contributed by atoms with Crippen LogP contribution in [0.1, 0.15) is 10.4 Å². The average molecular weight is 265 g/mol. The van der Waals surface area contributed by atoms with Crippen LogP contribution >= 0.6 is 0 Å². The van der Waals surface area contributed by atoms with Crippen molar-refractivity contribution in [1.82, 2.24) is 4.98 Å². The molecule has 4 heteroatoms. The molecule has 0 aliphatic carbocycles. The Morgan fingerprint density at radius 2 is 1.75 bits per heavy atom.